The summed E-state index contributed by atoms with van der Waals surface area (Å²) in [6, 6.07) is 19.0. The topological polar surface area (TPSA) is 84.9 Å². The van der Waals surface area contributed by atoms with Gasteiger partial charge in [0.05, 0.1) is 17.7 Å². The minimum atomic E-state index is -0.465. The maximum absolute atomic E-state index is 13.1. The minimum Gasteiger partial charge on any atom is -0.493 e. The van der Waals surface area contributed by atoms with Crippen LogP contribution in [0.3, 0.4) is 0 Å². The second-order valence-corrected chi connectivity index (χ2v) is 8.07. The molecular weight excluding hydrogens is 459 g/mol. The van der Waals surface area contributed by atoms with Crippen LogP contribution in [0.25, 0.3) is 6.08 Å². The Morgan fingerprint density at radius 1 is 1.03 bits per heavy atom. The van der Waals surface area contributed by atoms with Crippen molar-refractivity contribution in [2.75, 3.05) is 23.9 Å². The average molecular weight is 479 g/mol. The van der Waals surface area contributed by atoms with Gasteiger partial charge >= 0.3 is 0 Å². The highest BCUT2D eigenvalue weighted by Crippen LogP contribution is 2.39. The molecule has 1 heterocycles. The van der Waals surface area contributed by atoms with Gasteiger partial charge in [-0.05, 0) is 60.3 Å². The van der Waals surface area contributed by atoms with E-state index in [0.717, 1.165) is 16.7 Å². The van der Waals surface area contributed by atoms with Crippen molar-refractivity contribution < 1.29 is 28.2 Å². The number of anilines is 2. The lowest BCUT2D eigenvalue weighted by atomic mass is 10.1. The Kier molecular flexibility index (Phi) is 6.93. The summed E-state index contributed by atoms with van der Waals surface area (Å²) in [5.41, 5.74) is 1.37. The lowest BCUT2D eigenvalue weighted by Gasteiger charge is -2.14. The molecule has 7 nitrogen and oxygen atoms in total. The molecule has 0 saturated carbocycles. The third-order valence-electron chi connectivity index (χ3n) is 4.80. The predicted molar refractivity (Wildman–Crippen MR) is 128 cm³/mol. The first-order valence-electron chi connectivity index (χ1n) is 10.1. The zero-order valence-electron chi connectivity index (χ0n) is 18.0. The van der Waals surface area contributed by atoms with E-state index in [2.05, 4.69) is 5.32 Å². The van der Waals surface area contributed by atoms with Crippen LogP contribution in [0.5, 0.6) is 11.5 Å². The molecule has 1 aliphatic heterocycles. The first kappa shape index (κ1) is 23.1. The van der Waals surface area contributed by atoms with Gasteiger partial charge in [-0.15, -0.1) is 0 Å². The molecule has 9 heteroatoms. The molecule has 0 radical (unpaired) electrons. The van der Waals surface area contributed by atoms with E-state index in [1.54, 1.807) is 48.5 Å². The number of para-hydroxylation sites is 2. The van der Waals surface area contributed by atoms with Crippen LogP contribution in [-0.4, -0.2) is 30.8 Å². The largest absolute Gasteiger partial charge is 0.493 e. The molecule has 4 rings (SSSR count). The van der Waals surface area contributed by atoms with Crippen molar-refractivity contribution in [3.05, 3.63) is 89.1 Å². The van der Waals surface area contributed by atoms with Gasteiger partial charge in [0.1, 0.15) is 5.82 Å². The van der Waals surface area contributed by atoms with E-state index in [9.17, 15) is 18.8 Å². The van der Waals surface area contributed by atoms with Gasteiger partial charge in [0.15, 0.2) is 18.1 Å². The summed E-state index contributed by atoms with van der Waals surface area (Å²) in [5.74, 6) is -0.738. The number of methoxy groups -OCH3 is 1. The molecule has 0 unspecified atom stereocenters. The minimum absolute atomic E-state index is 0.211. The van der Waals surface area contributed by atoms with Gasteiger partial charge in [-0.1, -0.05) is 30.3 Å². The molecule has 0 bridgehead atoms. The number of halogens is 1. The number of rotatable bonds is 7. The summed E-state index contributed by atoms with van der Waals surface area (Å²) in [6.45, 7) is -0.357. The molecule has 1 N–H and O–H groups in total. The summed E-state index contributed by atoms with van der Waals surface area (Å²) in [7, 11) is 1.45. The van der Waals surface area contributed by atoms with Crippen LogP contribution in [-0.2, 0) is 9.59 Å². The van der Waals surface area contributed by atoms with Gasteiger partial charge in [-0.3, -0.25) is 14.4 Å². The lowest BCUT2D eigenvalue weighted by Crippen LogP contribution is -2.27. The number of ether oxygens (including phenoxy) is 2. The molecule has 0 spiro atoms. The first-order valence-corrected chi connectivity index (χ1v) is 11.0. The van der Waals surface area contributed by atoms with Crippen LogP contribution in [0, 0.1) is 5.82 Å². The number of nitrogens with zero attached hydrogens (tertiary/aromatic N) is 1. The molecule has 0 aromatic heterocycles. The smallest absolute Gasteiger partial charge is 0.298 e. The number of imide groups is 1. The second-order valence-electron chi connectivity index (χ2n) is 7.08. The SMILES string of the molecule is COc1cccc(/C=C2/SC(=O)N(c3ccccc3)C2=O)c1OCC(=O)Nc1ccc(F)cc1. The summed E-state index contributed by atoms with van der Waals surface area (Å²) >= 11 is 0.813. The monoisotopic (exact) mass is 478 g/mol. The highest BCUT2D eigenvalue weighted by atomic mass is 32.2. The molecule has 34 heavy (non-hydrogen) atoms. The Labute approximate surface area is 199 Å². The van der Waals surface area contributed by atoms with Gasteiger partial charge in [0.2, 0.25) is 0 Å². The Morgan fingerprint density at radius 2 is 1.76 bits per heavy atom. The Bertz CT molecular complexity index is 1260. The van der Waals surface area contributed by atoms with Gasteiger partial charge in [-0.25, -0.2) is 9.29 Å². The van der Waals surface area contributed by atoms with Crippen molar-refractivity contribution in [2.24, 2.45) is 0 Å². The quantitative estimate of drug-likeness (QED) is 0.476. The van der Waals surface area contributed by atoms with Crippen molar-refractivity contribution in [1.29, 1.82) is 0 Å². The molecular formula is C25H19FN2O5S. The number of amides is 3. The average Bonchev–Trinajstić information content (AvgIpc) is 3.12. The van der Waals surface area contributed by atoms with E-state index < -0.39 is 22.9 Å². The third kappa shape index (κ3) is 5.10. The van der Waals surface area contributed by atoms with E-state index in [4.69, 9.17) is 9.47 Å². The number of hydrogen-bond donors (Lipinski definition) is 1. The lowest BCUT2D eigenvalue weighted by molar-refractivity contribution is -0.118. The van der Waals surface area contributed by atoms with E-state index in [1.165, 1.54) is 37.5 Å². The van der Waals surface area contributed by atoms with Crippen molar-refractivity contribution in [2.45, 2.75) is 0 Å². The van der Waals surface area contributed by atoms with Crippen LogP contribution in [0.15, 0.2) is 77.7 Å². The zero-order valence-corrected chi connectivity index (χ0v) is 18.8. The third-order valence-corrected chi connectivity index (χ3v) is 5.67. The fourth-order valence-corrected chi connectivity index (χ4v) is 4.07. The second kappa shape index (κ2) is 10.2. The Hall–Kier alpha value is -4.11. The first-order chi connectivity index (χ1) is 16.5. The van der Waals surface area contributed by atoms with Crippen LogP contribution in [0.4, 0.5) is 20.6 Å². The van der Waals surface area contributed by atoms with Gasteiger partial charge in [0, 0.05) is 11.3 Å². The molecule has 0 aliphatic carbocycles. The summed E-state index contributed by atoms with van der Waals surface area (Å²) in [4.78, 5) is 39.1. The molecule has 1 aliphatic rings. The van der Waals surface area contributed by atoms with E-state index >= 15 is 0 Å². The Balaban J connectivity index is 1.54. The predicted octanol–water partition coefficient (Wildman–Crippen LogP) is 5.09. The number of carbonyl (C=O) groups is 3. The van der Waals surface area contributed by atoms with Gasteiger partial charge in [-0.2, -0.15) is 0 Å². The van der Waals surface area contributed by atoms with Crippen molar-refractivity contribution in [3.8, 4) is 11.5 Å². The van der Waals surface area contributed by atoms with Crippen molar-refractivity contribution in [1.82, 2.24) is 0 Å². The molecule has 3 aromatic rings. The maximum atomic E-state index is 13.1. The van der Waals surface area contributed by atoms with Crippen molar-refractivity contribution >= 4 is 46.3 Å². The maximum Gasteiger partial charge on any atom is 0.298 e. The molecule has 172 valence electrons. The molecule has 3 aromatic carbocycles. The van der Waals surface area contributed by atoms with Gasteiger partial charge in [0.25, 0.3) is 17.1 Å². The van der Waals surface area contributed by atoms with Crippen LogP contribution < -0.4 is 19.7 Å². The highest BCUT2D eigenvalue weighted by Gasteiger charge is 2.36. The van der Waals surface area contributed by atoms with Gasteiger partial charge < -0.3 is 14.8 Å². The molecule has 0 atom stereocenters. The number of hydrogen-bond acceptors (Lipinski definition) is 6. The van der Waals surface area contributed by atoms with E-state index in [0.29, 0.717) is 22.7 Å². The fraction of sp³-hybridized carbons (Fsp3) is 0.0800. The van der Waals surface area contributed by atoms with Crippen LogP contribution in [0.2, 0.25) is 0 Å². The number of thioether (sulfide) groups is 1. The normalized spacial score (nSPS) is 14.4. The van der Waals surface area contributed by atoms with Crippen LogP contribution >= 0.6 is 11.8 Å². The number of benzene rings is 3. The molecule has 1 fully saturated rings. The summed E-state index contributed by atoms with van der Waals surface area (Å²) < 4.78 is 24.1. The van der Waals surface area contributed by atoms with E-state index in [-0.39, 0.29) is 17.3 Å². The van der Waals surface area contributed by atoms with Crippen molar-refractivity contribution in [3.63, 3.8) is 0 Å². The number of nitrogens with one attached hydrogen (secondary N) is 1. The fourth-order valence-electron chi connectivity index (χ4n) is 3.24. The Morgan fingerprint density at radius 3 is 2.47 bits per heavy atom. The summed E-state index contributed by atoms with van der Waals surface area (Å²) in [6.07, 6.45) is 1.53. The summed E-state index contributed by atoms with van der Waals surface area (Å²) in [5, 5.41) is 2.20. The standard InChI is InChI=1S/C25H19FN2O5S/c1-32-20-9-5-6-16(23(20)33-15-22(29)27-18-12-10-17(26)11-13-18)14-21-24(30)28(25(31)34-21)19-7-3-2-4-8-19/h2-14H,15H2,1H3,(H,27,29)/b21-14+. The van der Waals surface area contributed by atoms with Crippen LogP contribution in [0.1, 0.15) is 5.56 Å². The molecule has 1 saturated heterocycles. The number of carbonyl (C=O) groups excluding carboxylic acids is 3. The van der Waals surface area contributed by atoms with E-state index in [1.807, 2.05) is 0 Å². The highest BCUT2D eigenvalue weighted by molar-refractivity contribution is 8.19. The zero-order chi connectivity index (χ0) is 24.1. The molecule has 3 amide bonds.